The van der Waals surface area contributed by atoms with Crippen molar-refractivity contribution in [1.29, 1.82) is 0 Å². The molecule has 158 valence electrons. The fraction of sp³-hybridized carbons (Fsp3) is 0.381. The summed E-state index contributed by atoms with van der Waals surface area (Å²) in [5.41, 5.74) is 1.29. The molecule has 0 radical (unpaired) electrons. The van der Waals surface area contributed by atoms with Crippen molar-refractivity contribution in [2.75, 3.05) is 25.5 Å². The van der Waals surface area contributed by atoms with Crippen LogP contribution in [-0.2, 0) is 14.8 Å². The molecule has 8 heteroatoms. The third kappa shape index (κ3) is 5.48. The fourth-order valence-corrected chi connectivity index (χ4v) is 4.32. The summed E-state index contributed by atoms with van der Waals surface area (Å²) in [6.45, 7) is 7.82. The first-order chi connectivity index (χ1) is 13.7. The lowest BCUT2D eigenvalue weighted by Crippen LogP contribution is -2.31. The lowest BCUT2D eigenvalue weighted by molar-refractivity contribution is -0.122. The van der Waals surface area contributed by atoms with Gasteiger partial charge in [-0.2, -0.15) is 4.31 Å². The Balaban J connectivity index is 2.25. The Kier molecular flexibility index (Phi) is 7.64. The summed E-state index contributed by atoms with van der Waals surface area (Å²) in [6.07, 6.45) is -0.787. The third-order valence-corrected chi connectivity index (χ3v) is 6.49. The number of aryl methyl sites for hydroxylation is 1. The largest absolute Gasteiger partial charge is 0.495 e. The predicted octanol–water partition coefficient (Wildman–Crippen LogP) is 3.44. The van der Waals surface area contributed by atoms with Crippen molar-refractivity contribution in [1.82, 2.24) is 4.31 Å². The van der Waals surface area contributed by atoms with E-state index in [0.717, 1.165) is 5.56 Å². The molecule has 0 aromatic heterocycles. The number of sulfonamides is 1. The molecule has 1 atom stereocenters. The molecule has 0 heterocycles. The van der Waals surface area contributed by atoms with Gasteiger partial charge >= 0.3 is 0 Å². The maximum Gasteiger partial charge on any atom is 0.265 e. The van der Waals surface area contributed by atoms with Crippen LogP contribution in [0.1, 0.15) is 26.3 Å². The molecule has 0 saturated heterocycles. The van der Waals surface area contributed by atoms with Gasteiger partial charge in [0, 0.05) is 13.1 Å². The van der Waals surface area contributed by atoms with Crippen LogP contribution in [0.2, 0.25) is 0 Å². The average Bonchev–Trinajstić information content (AvgIpc) is 2.68. The van der Waals surface area contributed by atoms with Crippen molar-refractivity contribution in [2.45, 2.75) is 38.7 Å². The molecule has 0 bridgehead atoms. The number of nitrogens with one attached hydrogen (secondary N) is 1. The zero-order valence-electron chi connectivity index (χ0n) is 17.4. The van der Waals surface area contributed by atoms with E-state index in [4.69, 9.17) is 9.47 Å². The van der Waals surface area contributed by atoms with Gasteiger partial charge in [0.2, 0.25) is 10.0 Å². The SMILES string of the molecule is CCN(CC)S(=O)(=O)c1ccc(OC)c(NC(=O)C(C)Oc2cccc(C)c2)c1. The van der Waals surface area contributed by atoms with Crippen molar-refractivity contribution >= 4 is 21.6 Å². The number of amides is 1. The second kappa shape index (κ2) is 9.76. The maximum absolute atomic E-state index is 12.8. The number of hydrogen-bond acceptors (Lipinski definition) is 5. The molecule has 0 fully saturated rings. The van der Waals surface area contributed by atoms with Crippen LogP contribution >= 0.6 is 0 Å². The summed E-state index contributed by atoms with van der Waals surface area (Å²) in [5.74, 6) is 0.527. The van der Waals surface area contributed by atoms with Gasteiger partial charge in [0.05, 0.1) is 17.7 Å². The van der Waals surface area contributed by atoms with Crippen molar-refractivity contribution in [2.24, 2.45) is 0 Å². The molecule has 1 N–H and O–H groups in total. The second-order valence-corrected chi connectivity index (χ2v) is 8.46. The predicted molar refractivity (Wildman–Crippen MR) is 113 cm³/mol. The Morgan fingerprint density at radius 3 is 2.41 bits per heavy atom. The first kappa shape index (κ1) is 22.7. The normalized spacial score (nSPS) is 12.5. The highest BCUT2D eigenvalue weighted by molar-refractivity contribution is 7.89. The number of ether oxygens (including phenoxy) is 2. The average molecular weight is 421 g/mol. The van der Waals surface area contributed by atoms with Crippen molar-refractivity contribution < 1.29 is 22.7 Å². The van der Waals surface area contributed by atoms with E-state index < -0.39 is 22.0 Å². The molecule has 0 aliphatic heterocycles. The molecule has 2 rings (SSSR count). The lowest BCUT2D eigenvalue weighted by atomic mass is 10.2. The molecule has 29 heavy (non-hydrogen) atoms. The summed E-state index contributed by atoms with van der Waals surface area (Å²) < 4.78 is 37.9. The number of benzene rings is 2. The monoisotopic (exact) mass is 420 g/mol. The van der Waals surface area contributed by atoms with Gasteiger partial charge in [-0.3, -0.25) is 4.79 Å². The molecule has 0 spiro atoms. The summed E-state index contributed by atoms with van der Waals surface area (Å²) in [5, 5.41) is 2.71. The quantitative estimate of drug-likeness (QED) is 0.672. The standard InChI is InChI=1S/C21H28N2O5S/c1-6-23(7-2)29(25,26)18-11-12-20(27-5)19(14-18)22-21(24)16(4)28-17-10-8-9-15(3)13-17/h8-14,16H,6-7H2,1-5H3,(H,22,24). The molecule has 7 nitrogen and oxygen atoms in total. The third-order valence-electron chi connectivity index (χ3n) is 4.44. The summed E-state index contributed by atoms with van der Waals surface area (Å²) >= 11 is 0. The van der Waals surface area contributed by atoms with E-state index in [1.807, 2.05) is 25.1 Å². The molecule has 0 saturated carbocycles. The number of carbonyl (C=O) groups excluding carboxylic acids is 1. The van der Waals surface area contributed by atoms with Crippen LogP contribution in [0.4, 0.5) is 5.69 Å². The van der Waals surface area contributed by atoms with Crippen LogP contribution in [-0.4, -0.2) is 44.9 Å². The van der Waals surface area contributed by atoms with Crippen molar-refractivity contribution in [3.05, 3.63) is 48.0 Å². The fourth-order valence-electron chi connectivity index (χ4n) is 2.84. The molecule has 1 unspecified atom stereocenters. The first-order valence-corrected chi connectivity index (χ1v) is 10.9. The van der Waals surface area contributed by atoms with Gasteiger partial charge < -0.3 is 14.8 Å². The van der Waals surface area contributed by atoms with Crippen LogP contribution < -0.4 is 14.8 Å². The van der Waals surface area contributed by atoms with Gasteiger partial charge in [-0.05, 0) is 49.7 Å². The van der Waals surface area contributed by atoms with Gasteiger partial charge in [-0.15, -0.1) is 0 Å². The molecule has 2 aromatic carbocycles. The Morgan fingerprint density at radius 2 is 1.83 bits per heavy atom. The Morgan fingerprint density at radius 1 is 1.14 bits per heavy atom. The Bertz CT molecular complexity index is 955. The molecule has 2 aromatic rings. The van der Waals surface area contributed by atoms with Crippen LogP contribution in [0.15, 0.2) is 47.4 Å². The Hall–Kier alpha value is -2.58. The highest BCUT2D eigenvalue weighted by Gasteiger charge is 2.24. The van der Waals surface area contributed by atoms with E-state index in [1.165, 1.54) is 29.6 Å². The molecule has 0 aliphatic carbocycles. The highest BCUT2D eigenvalue weighted by atomic mass is 32.2. The minimum Gasteiger partial charge on any atom is -0.495 e. The number of hydrogen-bond donors (Lipinski definition) is 1. The first-order valence-electron chi connectivity index (χ1n) is 9.45. The topological polar surface area (TPSA) is 84.9 Å². The van der Waals surface area contributed by atoms with E-state index in [9.17, 15) is 13.2 Å². The van der Waals surface area contributed by atoms with Gasteiger partial charge in [0.25, 0.3) is 5.91 Å². The van der Waals surface area contributed by atoms with E-state index in [-0.39, 0.29) is 10.6 Å². The Labute approximate surface area is 172 Å². The van der Waals surface area contributed by atoms with E-state index >= 15 is 0 Å². The van der Waals surface area contributed by atoms with Crippen LogP contribution in [0, 0.1) is 6.92 Å². The number of nitrogens with zero attached hydrogens (tertiary/aromatic N) is 1. The molecule has 0 aliphatic rings. The van der Waals surface area contributed by atoms with Gasteiger partial charge in [-0.25, -0.2) is 8.42 Å². The van der Waals surface area contributed by atoms with E-state index in [0.29, 0.717) is 24.6 Å². The zero-order valence-corrected chi connectivity index (χ0v) is 18.2. The number of anilines is 1. The summed E-state index contributed by atoms with van der Waals surface area (Å²) in [6, 6.07) is 11.8. The lowest BCUT2D eigenvalue weighted by Gasteiger charge is -2.20. The highest BCUT2D eigenvalue weighted by Crippen LogP contribution is 2.29. The second-order valence-electron chi connectivity index (χ2n) is 6.52. The minimum absolute atomic E-state index is 0.0876. The number of rotatable bonds is 9. The van der Waals surface area contributed by atoms with Gasteiger partial charge in [0.15, 0.2) is 6.10 Å². The summed E-state index contributed by atoms with van der Waals surface area (Å²) in [4.78, 5) is 12.7. The van der Waals surface area contributed by atoms with Gasteiger partial charge in [0.1, 0.15) is 11.5 Å². The zero-order chi connectivity index (χ0) is 21.6. The number of carbonyl (C=O) groups is 1. The van der Waals surface area contributed by atoms with Crippen LogP contribution in [0.5, 0.6) is 11.5 Å². The van der Waals surface area contributed by atoms with Crippen molar-refractivity contribution in [3.8, 4) is 11.5 Å². The minimum atomic E-state index is -3.66. The van der Waals surface area contributed by atoms with E-state index in [2.05, 4.69) is 5.32 Å². The van der Waals surface area contributed by atoms with Gasteiger partial charge in [-0.1, -0.05) is 26.0 Å². The van der Waals surface area contributed by atoms with Crippen LogP contribution in [0.25, 0.3) is 0 Å². The van der Waals surface area contributed by atoms with Crippen molar-refractivity contribution in [3.63, 3.8) is 0 Å². The molecular weight excluding hydrogens is 392 g/mol. The maximum atomic E-state index is 12.8. The van der Waals surface area contributed by atoms with E-state index in [1.54, 1.807) is 26.8 Å². The van der Waals surface area contributed by atoms with Crippen LogP contribution in [0.3, 0.4) is 0 Å². The summed E-state index contributed by atoms with van der Waals surface area (Å²) in [7, 11) is -2.21. The number of methoxy groups -OCH3 is 1. The molecule has 1 amide bonds. The smallest absolute Gasteiger partial charge is 0.265 e. The molecular formula is C21H28N2O5S.